The van der Waals surface area contributed by atoms with Gasteiger partial charge in [-0.15, -0.1) is 11.3 Å². The highest BCUT2D eigenvalue weighted by molar-refractivity contribution is 7.13. The highest BCUT2D eigenvalue weighted by Gasteiger charge is 2.14. The largest absolute Gasteiger partial charge is 0.485 e. The number of ether oxygens (including phenoxy) is 1. The predicted octanol–water partition coefficient (Wildman–Crippen LogP) is 2.67. The van der Waals surface area contributed by atoms with Crippen molar-refractivity contribution in [1.29, 1.82) is 0 Å². The first-order valence-corrected chi connectivity index (χ1v) is 7.32. The monoisotopic (exact) mass is 316 g/mol. The van der Waals surface area contributed by atoms with Crippen LogP contribution >= 0.6 is 11.3 Å². The molecule has 1 N–H and O–H groups in total. The zero-order chi connectivity index (χ0) is 15.4. The first kappa shape index (κ1) is 14.2. The minimum absolute atomic E-state index is 0.124. The molecule has 22 heavy (non-hydrogen) atoms. The third kappa shape index (κ3) is 3.29. The van der Waals surface area contributed by atoms with Crippen LogP contribution in [-0.2, 0) is 6.61 Å². The lowest BCUT2D eigenvalue weighted by Gasteiger charge is -2.09. The third-order valence-electron chi connectivity index (χ3n) is 2.71. The van der Waals surface area contributed by atoms with Gasteiger partial charge in [-0.1, -0.05) is 17.3 Å². The molecule has 0 bridgehead atoms. The van der Waals surface area contributed by atoms with Crippen LogP contribution in [0, 0.1) is 6.92 Å². The van der Waals surface area contributed by atoms with Crippen LogP contribution in [0.15, 0.2) is 40.4 Å². The molecule has 0 radical (unpaired) electrons. The maximum absolute atomic E-state index is 12.3. The van der Waals surface area contributed by atoms with Crippen molar-refractivity contribution in [3.63, 3.8) is 0 Å². The van der Waals surface area contributed by atoms with Crippen LogP contribution in [0.2, 0.25) is 0 Å². The van der Waals surface area contributed by atoms with Gasteiger partial charge in [-0.2, -0.15) is 4.98 Å². The Labute approximate surface area is 130 Å². The van der Waals surface area contributed by atoms with Crippen molar-refractivity contribution in [3.8, 4) is 5.75 Å². The van der Waals surface area contributed by atoms with Crippen molar-refractivity contribution in [2.45, 2.75) is 13.5 Å². The zero-order valence-electron chi connectivity index (χ0n) is 11.6. The van der Waals surface area contributed by atoms with Crippen molar-refractivity contribution in [1.82, 2.24) is 15.1 Å². The number of hydrogen-bond acceptors (Lipinski definition) is 7. The van der Waals surface area contributed by atoms with Gasteiger partial charge in [0.25, 0.3) is 5.91 Å². The lowest BCUT2D eigenvalue weighted by molar-refractivity contribution is 0.102. The number of amides is 1. The Hall–Kier alpha value is -2.74. The number of thiazole rings is 1. The summed E-state index contributed by atoms with van der Waals surface area (Å²) in [6.45, 7) is 1.82. The van der Waals surface area contributed by atoms with Crippen LogP contribution in [0.5, 0.6) is 5.75 Å². The number of aryl methyl sites for hydroxylation is 1. The second-order valence-electron chi connectivity index (χ2n) is 4.31. The van der Waals surface area contributed by atoms with Crippen molar-refractivity contribution in [2.24, 2.45) is 0 Å². The molecule has 0 fully saturated rings. The molecule has 2 aromatic heterocycles. The molecule has 0 unspecified atom stereocenters. The molecular formula is C14H12N4O3S. The van der Waals surface area contributed by atoms with Crippen molar-refractivity contribution >= 4 is 22.4 Å². The van der Waals surface area contributed by atoms with Crippen LogP contribution in [0.1, 0.15) is 22.1 Å². The van der Waals surface area contributed by atoms with Gasteiger partial charge in [0.05, 0.1) is 5.56 Å². The van der Waals surface area contributed by atoms with E-state index >= 15 is 0 Å². The van der Waals surface area contributed by atoms with Crippen molar-refractivity contribution in [3.05, 3.63) is 53.1 Å². The summed E-state index contributed by atoms with van der Waals surface area (Å²) >= 11 is 1.35. The van der Waals surface area contributed by atoms with Gasteiger partial charge in [-0.25, -0.2) is 4.98 Å². The predicted molar refractivity (Wildman–Crippen MR) is 79.9 cm³/mol. The number of carbonyl (C=O) groups is 1. The SMILES string of the molecule is Cc1nc(COc2ccccc2C(=O)Nc2nccs2)no1. The molecule has 0 aliphatic rings. The van der Waals surface area contributed by atoms with Gasteiger partial charge in [0.15, 0.2) is 11.7 Å². The van der Waals surface area contributed by atoms with Gasteiger partial charge in [0.1, 0.15) is 5.75 Å². The van der Waals surface area contributed by atoms with E-state index in [4.69, 9.17) is 9.26 Å². The molecule has 0 atom stereocenters. The minimum Gasteiger partial charge on any atom is -0.485 e. The molecule has 1 amide bonds. The van der Waals surface area contributed by atoms with E-state index in [1.165, 1.54) is 11.3 Å². The van der Waals surface area contributed by atoms with E-state index in [0.29, 0.717) is 28.2 Å². The van der Waals surface area contributed by atoms with Crippen LogP contribution < -0.4 is 10.1 Å². The molecule has 3 aromatic rings. The quantitative estimate of drug-likeness (QED) is 0.778. The second-order valence-corrected chi connectivity index (χ2v) is 5.20. The van der Waals surface area contributed by atoms with E-state index in [1.807, 2.05) is 0 Å². The van der Waals surface area contributed by atoms with E-state index < -0.39 is 0 Å². The maximum Gasteiger partial charge on any atom is 0.261 e. The molecule has 0 aliphatic carbocycles. The molecule has 8 heteroatoms. The van der Waals surface area contributed by atoms with Crippen molar-refractivity contribution < 1.29 is 14.1 Å². The Balaban J connectivity index is 1.73. The van der Waals surface area contributed by atoms with Gasteiger partial charge in [0, 0.05) is 18.5 Å². The molecule has 112 valence electrons. The molecule has 1 aromatic carbocycles. The molecule has 0 spiro atoms. The number of carbonyl (C=O) groups excluding carboxylic acids is 1. The Morgan fingerprint density at radius 3 is 3.00 bits per heavy atom. The van der Waals surface area contributed by atoms with Crippen LogP contribution in [0.4, 0.5) is 5.13 Å². The molecule has 0 saturated heterocycles. The normalized spacial score (nSPS) is 10.4. The zero-order valence-corrected chi connectivity index (χ0v) is 12.5. The third-order valence-corrected chi connectivity index (χ3v) is 3.40. The number of hydrogen-bond donors (Lipinski definition) is 1. The number of para-hydroxylation sites is 1. The Morgan fingerprint density at radius 2 is 2.27 bits per heavy atom. The van der Waals surface area contributed by atoms with Crippen LogP contribution in [-0.4, -0.2) is 21.0 Å². The van der Waals surface area contributed by atoms with Crippen molar-refractivity contribution in [2.75, 3.05) is 5.32 Å². The molecule has 7 nitrogen and oxygen atoms in total. The smallest absolute Gasteiger partial charge is 0.261 e. The summed E-state index contributed by atoms with van der Waals surface area (Å²) in [4.78, 5) is 20.3. The van der Waals surface area contributed by atoms with Gasteiger partial charge in [-0.05, 0) is 12.1 Å². The van der Waals surface area contributed by atoms with E-state index in [9.17, 15) is 4.79 Å². The van der Waals surface area contributed by atoms with E-state index in [2.05, 4.69) is 20.4 Å². The number of nitrogens with one attached hydrogen (secondary N) is 1. The summed E-state index contributed by atoms with van der Waals surface area (Å²) in [6.07, 6.45) is 1.63. The minimum atomic E-state index is -0.283. The highest BCUT2D eigenvalue weighted by atomic mass is 32.1. The molecule has 0 saturated carbocycles. The Bertz CT molecular complexity index is 770. The fourth-order valence-electron chi connectivity index (χ4n) is 1.77. The number of benzene rings is 1. The average molecular weight is 316 g/mol. The molecule has 3 rings (SSSR count). The van der Waals surface area contributed by atoms with Gasteiger partial charge in [0.2, 0.25) is 11.7 Å². The number of anilines is 1. The first-order chi connectivity index (χ1) is 10.7. The Morgan fingerprint density at radius 1 is 1.41 bits per heavy atom. The van der Waals surface area contributed by atoms with Gasteiger partial charge < -0.3 is 9.26 Å². The molecule has 0 aliphatic heterocycles. The summed E-state index contributed by atoms with van der Waals surface area (Å²) in [5.41, 5.74) is 0.415. The van der Waals surface area contributed by atoms with Gasteiger partial charge in [-0.3, -0.25) is 10.1 Å². The molecule has 2 heterocycles. The maximum atomic E-state index is 12.3. The summed E-state index contributed by atoms with van der Waals surface area (Å²) < 4.78 is 10.5. The number of rotatable bonds is 5. The fourth-order valence-corrected chi connectivity index (χ4v) is 2.30. The standard InChI is InChI=1S/C14H12N4O3S/c1-9-16-12(18-21-9)8-20-11-5-3-2-4-10(11)13(19)17-14-15-6-7-22-14/h2-7H,8H2,1H3,(H,15,17,19). The summed E-state index contributed by atoms with van der Waals surface area (Å²) in [5, 5.41) is 8.79. The van der Waals surface area contributed by atoms with Crippen LogP contribution in [0.3, 0.4) is 0 Å². The van der Waals surface area contributed by atoms with E-state index in [0.717, 1.165) is 0 Å². The topological polar surface area (TPSA) is 90.1 Å². The van der Waals surface area contributed by atoms with E-state index in [-0.39, 0.29) is 12.5 Å². The lowest BCUT2D eigenvalue weighted by atomic mass is 10.2. The number of nitrogens with zero attached hydrogens (tertiary/aromatic N) is 3. The number of aromatic nitrogens is 3. The molecular weight excluding hydrogens is 304 g/mol. The highest BCUT2D eigenvalue weighted by Crippen LogP contribution is 2.21. The van der Waals surface area contributed by atoms with Gasteiger partial charge >= 0.3 is 0 Å². The summed E-state index contributed by atoms with van der Waals surface area (Å²) in [5.74, 6) is 1.05. The second kappa shape index (κ2) is 6.35. The Kier molecular flexibility index (Phi) is 4.10. The van der Waals surface area contributed by atoms with Crippen LogP contribution in [0.25, 0.3) is 0 Å². The average Bonchev–Trinajstić information content (AvgIpc) is 3.17. The first-order valence-electron chi connectivity index (χ1n) is 6.44. The van der Waals surface area contributed by atoms with E-state index in [1.54, 1.807) is 42.8 Å². The lowest BCUT2D eigenvalue weighted by Crippen LogP contribution is -2.13. The summed E-state index contributed by atoms with van der Waals surface area (Å²) in [6, 6.07) is 6.95. The summed E-state index contributed by atoms with van der Waals surface area (Å²) in [7, 11) is 0. The fraction of sp³-hybridized carbons (Fsp3) is 0.143.